The largest absolute Gasteiger partial charge is 0.490 e. The lowest BCUT2D eigenvalue weighted by atomic mass is 9.84. The molecule has 9 nitrogen and oxygen atoms in total. The molecule has 240 valence electrons. The monoisotopic (exact) mass is 642 g/mol. The lowest BCUT2D eigenvalue weighted by molar-refractivity contribution is 0.126. The third-order valence-electron chi connectivity index (χ3n) is 8.95. The number of ether oxygens (including phenoxy) is 1. The van der Waals surface area contributed by atoms with Crippen molar-refractivity contribution in [2.24, 2.45) is 10.7 Å². The van der Waals surface area contributed by atoms with Crippen LogP contribution in [0.3, 0.4) is 0 Å². The molecule has 0 aromatic heterocycles. The highest BCUT2D eigenvalue weighted by molar-refractivity contribution is 7.92. The fourth-order valence-corrected chi connectivity index (χ4v) is 7.83. The maximum absolute atomic E-state index is 13.1. The van der Waals surface area contributed by atoms with E-state index in [-0.39, 0.29) is 16.0 Å². The Balaban J connectivity index is 1.41. The average molecular weight is 643 g/mol. The van der Waals surface area contributed by atoms with E-state index in [4.69, 9.17) is 22.1 Å². The van der Waals surface area contributed by atoms with Gasteiger partial charge in [0, 0.05) is 12.3 Å². The van der Waals surface area contributed by atoms with Gasteiger partial charge in [-0.2, -0.15) is 0 Å². The molecule has 0 bridgehead atoms. The number of likely N-dealkylation sites (tertiary alicyclic amines) is 1. The Kier molecular flexibility index (Phi) is 9.96. The van der Waals surface area contributed by atoms with Crippen LogP contribution in [0.15, 0.2) is 57.1 Å². The molecule has 0 spiro atoms. The minimum atomic E-state index is -3.55. The minimum absolute atomic E-state index is 0.0768. The summed E-state index contributed by atoms with van der Waals surface area (Å²) in [6.45, 7) is 13.9. The van der Waals surface area contributed by atoms with E-state index >= 15 is 0 Å². The zero-order chi connectivity index (χ0) is 31.6. The summed E-state index contributed by atoms with van der Waals surface area (Å²) in [6, 6.07) is 11.7. The first-order chi connectivity index (χ1) is 20.9. The van der Waals surface area contributed by atoms with Crippen LogP contribution >= 0.6 is 11.6 Å². The van der Waals surface area contributed by atoms with E-state index in [2.05, 4.69) is 44.9 Å². The molecular formula is C33H47ClN6O3S. The third kappa shape index (κ3) is 6.94. The van der Waals surface area contributed by atoms with Crippen molar-refractivity contribution in [2.75, 3.05) is 31.5 Å². The van der Waals surface area contributed by atoms with Gasteiger partial charge in [0.2, 0.25) is 5.79 Å². The molecule has 1 unspecified atom stereocenters. The fourth-order valence-electron chi connectivity index (χ4n) is 6.48. The summed E-state index contributed by atoms with van der Waals surface area (Å²) in [5.74, 6) is 0.0733. The average Bonchev–Trinajstić information content (AvgIpc) is 3.00. The molecule has 0 radical (unpaired) electrons. The van der Waals surface area contributed by atoms with Crippen LogP contribution in [-0.4, -0.2) is 63.1 Å². The molecule has 3 aliphatic heterocycles. The summed E-state index contributed by atoms with van der Waals surface area (Å²) in [5, 5.41) is 9.63. The zero-order valence-corrected chi connectivity index (χ0v) is 28.1. The molecule has 5 N–H and O–H groups in total. The second-order valence-corrected chi connectivity index (χ2v) is 15.6. The topological polar surface area (TPSA) is 121 Å². The molecular weight excluding hydrogens is 596 g/mol. The van der Waals surface area contributed by atoms with Gasteiger partial charge < -0.3 is 25.6 Å². The molecule has 0 saturated carbocycles. The standard InChI is InChI=1S/C33H47ClN6O3S/c1-21(2)43-30-19-26(24-12-16-40(17-13-24)25-10-14-36-15-11-25)23(5)18-27(30)33(35)37-20-28(34)32(39-33)38-29-8-6-7-9-31(29)44(41,42)22(3)4/h6-9,18-22,24-25,36,38-39H,10-17,35H2,1-5H3. The van der Waals surface area contributed by atoms with E-state index < -0.39 is 20.9 Å². The number of sulfone groups is 1. The van der Waals surface area contributed by atoms with Crippen LogP contribution in [0.1, 0.15) is 76.0 Å². The molecule has 44 heavy (non-hydrogen) atoms. The van der Waals surface area contributed by atoms with E-state index in [0.29, 0.717) is 34.8 Å². The Hall–Kier alpha value is -2.63. The predicted octanol–water partition coefficient (Wildman–Crippen LogP) is 5.16. The normalized spacial score (nSPS) is 22.5. The van der Waals surface area contributed by atoms with Gasteiger partial charge in [0.25, 0.3) is 0 Å². The van der Waals surface area contributed by atoms with E-state index in [0.717, 1.165) is 44.6 Å². The minimum Gasteiger partial charge on any atom is -0.490 e. The Morgan fingerprint density at radius 1 is 1.09 bits per heavy atom. The number of nitrogens with two attached hydrogens (primary N) is 1. The van der Waals surface area contributed by atoms with E-state index in [9.17, 15) is 8.42 Å². The fraction of sp³-hybridized carbons (Fsp3) is 0.545. The van der Waals surface area contributed by atoms with Gasteiger partial charge in [-0.05, 0) is 128 Å². The molecule has 2 aromatic rings. The first-order valence-electron chi connectivity index (χ1n) is 15.8. The molecule has 3 heterocycles. The molecule has 0 amide bonds. The summed E-state index contributed by atoms with van der Waals surface area (Å²) < 4.78 is 32.6. The van der Waals surface area contributed by atoms with Gasteiger partial charge in [0.15, 0.2) is 9.84 Å². The second kappa shape index (κ2) is 13.4. The number of hydrogen-bond acceptors (Lipinski definition) is 9. The van der Waals surface area contributed by atoms with Crippen LogP contribution in [0.2, 0.25) is 0 Å². The molecule has 5 rings (SSSR count). The molecule has 3 aliphatic rings. The number of hydrogen-bond donors (Lipinski definition) is 4. The Morgan fingerprint density at radius 2 is 1.77 bits per heavy atom. The molecule has 2 saturated heterocycles. The summed E-state index contributed by atoms with van der Waals surface area (Å²) in [7, 11) is -3.55. The number of halogens is 1. The Morgan fingerprint density at radius 3 is 2.43 bits per heavy atom. The smallest absolute Gasteiger partial charge is 0.213 e. The van der Waals surface area contributed by atoms with Crippen LogP contribution < -0.4 is 26.4 Å². The Labute approximate surface area is 267 Å². The zero-order valence-electron chi connectivity index (χ0n) is 26.5. The first kappa shape index (κ1) is 32.8. The van der Waals surface area contributed by atoms with Crippen LogP contribution in [-0.2, 0) is 15.6 Å². The van der Waals surface area contributed by atoms with Crippen LogP contribution in [0, 0.1) is 6.92 Å². The van der Waals surface area contributed by atoms with Gasteiger partial charge in [0.1, 0.15) is 11.6 Å². The van der Waals surface area contributed by atoms with Gasteiger partial charge in [-0.1, -0.05) is 23.7 Å². The molecule has 11 heteroatoms. The quantitative estimate of drug-likeness (QED) is 0.296. The van der Waals surface area contributed by atoms with Crippen molar-refractivity contribution < 1.29 is 13.2 Å². The van der Waals surface area contributed by atoms with Crippen molar-refractivity contribution >= 4 is 33.3 Å². The van der Waals surface area contributed by atoms with Crippen molar-refractivity contribution in [2.45, 2.75) is 94.3 Å². The summed E-state index contributed by atoms with van der Waals surface area (Å²) in [5.41, 5.74) is 10.5. The number of para-hydroxylation sites is 1. The number of nitrogens with zero attached hydrogens (tertiary/aromatic N) is 2. The van der Waals surface area contributed by atoms with Gasteiger partial charge >= 0.3 is 0 Å². The molecule has 1 atom stereocenters. The number of piperidine rings is 2. The van der Waals surface area contributed by atoms with Gasteiger partial charge in [-0.3, -0.25) is 5.73 Å². The number of aryl methyl sites for hydroxylation is 1. The van der Waals surface area contributed by atoms with E-state index in [1.54, 1.807) is 38.1 Å². The van der Waals surface area contributed by atoms with Gasteiger partial charge in [-0.15, -0.1) is 0 Å². The van der Waals surface area contributed by atoms with Crippen molar-refractivity contribution in [3.8, 4) is 5.75 Å². The lowest BCUT2D eigenvalue weighted by Crippen LogP contribution is -2.52. The molecule has 2 aromatic carbocycles. The van der Waals surface area contributed by atoms with Crippen molar-refractivity contribution in [3.63, 3.8) is 0 Å². The number of allylic oxidation sites excluding steroid dienone is 1. The van der Waals surface area contributed by atoms with E-state index in [1.807, 2.05) is 13.8 Å². The highest BCUT2D eigenvalue weighted by Crippen LogP contribution is 2.40. The number of rotatable bonds is 9. The second-order valence-electron chi connectivity index (χ2n) is 12.8. The summed E-state index contributed by atoms with van der Waals surface area (Å²) in [4.78, 5) is 7.49. The van der Waals surface area contributed by atoms with Crippen LogP contribution in [0.4, 0.5) is 5.69 Å². The van der Waals surface area contributed by atoms with E-state index in [1.165, 1.54) is 24.6 Å². The first-order valence-corrected chi connectivity index (χ1v) is 17.7. The van der Waals surface area contributed by atoms with Gasteiger partial charge in [-0.25, -0.2) is 13.4 Å². The summed E-state index contributed by atoms with van der Waals surface area (Å²) >= 11 is 6.59. The van der Waals surface area contributed by atoms with Gasteiger partial charge in [0.05, 0.1) is 32.5 Å². The van der Waals surface area contributed by atoms with Crippen molar-refractivity contribution in [3.05, 3.63) is 63.9 Å². The number of benzene rings is 2. The number of aliphatic imine (C=N–C) groups is 1. The highest BCUT2D eigenvalue weighted by Gasteiger charge is 2.36. The maximum atomic E-state index is 13.1. The number of nitrogens with one attached hydrogen (secondary N) is 3. The van der Waals surface area contributed by atoms with Crippen molar-refractivity contribution in [1.29, 1.82) is 0 Å². The Bertz CT molecular complexity index is 1510. The lowest BCUT2D eigenvalue weighted by Gasteiger charge is -2.40. The molecule has 2 fully saturated rings. The van der Waals surface area contributed by atoms with Crippen molar-refractivity contribution in [1.82, 2.24) is 15.5 Å². The summed E-state index contributed by atoms with van der Waals surface area (Å²) in [6.07, 6.45) is 6.10. The predicted molar refractivity (Wildman–Crippen MR) is 179 cm³/mol. The van der Waals surface area contributed by atoms with Crippen LogP contribution in [0.5, 0.6) is 5.75 Å². The van der Waals surface area contributed by atoms with Crippen LogP contribution in [0.25, 0.3) is 0 Å². The molecule has 0 aliphatic carbocycles. The third-order valence-corrected chi connectivity index (χ3v) is 11.4. The number of anilines is 1. The SMILES string of the molecule is Cc1cc(C2(N)N=CC(Cl)=C(Nc3ccccc3S(=O)(=O)C(C)C)N2)c(OC(C)C)cc1C1CCN(C2CCNCC2)CC1. The maximum Gasteiger partial charge on any atom is 0.213 e. The highest BCUT2D eigenvalue weighted by atomic mass is 35.5.